The van der Waals surface area contributed by atoms with Crippen LogP contribution in [0.25, 0.3) is 0 Å². The molecule has 1 saturated heterocycles. The van der Waals surface area contributed by atoms with Crippen LogP contribution in [-0.2, 0) is 15.8 Å². The Labute approximate surface area is 128 Å². The molecule has 6 nitrogen and oxygen atoms in total. The molecule has 1 aliphatic heterocycles. The van der Waals surface area contributed by atoms with E-state index in [1.807, 2.05) is 0 Å². The number of rotatable bonds is 4. The topological polar surface area (TPSA) is 79.0 Å². The van der Waals surface area contributed by atoms with Crippen molar-refractivity contribution in [2.24, 2.45) is 0 Å². The fourth-order valence-electron chi connectivity index (χ4n) is 2.78. The van der Waals surface area contributed by atoms with Crippen LogP contribution >= 0.6 is 0 Å². The first-order valence-corrected chi connectivity index (χ1v) is 8.77. The first kappa shape index (κ1) is 15.1. The smallest absolute Gasteiger partial charge is 0.219 e. The van der Waals surface area contributed by atoms with Crippen LogP contribution < -0.4 is 0 Å². The second-order valence-corrected chi connectivity index (χ2v) is 7.26. The Hall–Kier alpha value is -1.80. The molecular formula is C14H17FN4O2S. The molecule has 0 radical (unpaired) electrons. The van der Waals surface area contributed by atoms with Gasteiger partial charge in [-0.05, 0) is 18.9 Å². The van der Waals surface area contributed by atoms with Crippen LogP contribution in [0, 0.1) is 5.82 Å². The lowest BCUT2D eigenvalue weighted by Gasteiger charge is -2.33. The van der Waals surface area contributed by atoms with E-state index < -0.39 is 15.8 Å². The molecule has 1 atom stereocenters. The van der Waals surface area contributed by atoms with Gasteiger partial charge < -0.3 is 0 Å². The highest BCUT2D eigenvalue weighted by molar-refractivity contribution is 7.88. The van der Waals surface area contributed by atoms with Crippen LogP contribution in [0.2, 0.25) is 0 Å². The van der Waals surface area contributed by atoms with Gasteiger partial charge in [0.25, 0.3) is 0 Å². The van der Waals surface area contributed by atoms with Crippen LogP contribution in [0.4, 0.5) is 4.39 Å². The Bertz CT molecular complexity index is 733. The Kier molecular flexibility index (Phi) is 4.21. The number of nitrogens with one attached hydrogen (secondary N) is 1. The maximum Gasteiger partial charge on any atom is 0.219 e. The van der Waals surface area contributed by atoms with Crippen LogP contribution in [0.5, 0.6) is 0 Å². The second-order valence-electron chi connectivity index (χ2n) is 5.34. The molecule has 1 N–H and O–H groups in total. The minimum absolute atomic E-state index is 0.185. The van der Waals surface area contributed by atoms with Crippen molar-refractivity contribution in [3.63, 3.8) is 0 Å². The lowest BCUT2D eigenvalue weighted by Crippen LogP contribution is -2.39. The van der Waals surface area contributed by atoms with Gasteiger partial charge in [0.15, 0.2) is 0 Å². The molecule has 1 fully saturated rings. The SMILES string of the molecule is O=S(=O)(Cc1ccccc1F)N1CCCC[C@@H]1c1ncn[nH]1. The van der Waals surface area contributed by atoms with Gasteiger partial charge in [0.1, 0.15) is 18.0 Å². The number of H-pyrrole nitrogens is 1. The van der Waals surface area contributed by atoms with Gasteiger partial charge in [-0.15, -0.1) is 0 Å². The summed E-state index contributed by atoms with van der Waals surface area (Å²) in [6, 6.07) is 5.60. The van der Waals surface area contributed by atoms with Crippen molar-refractivity contribution in [3.05, 3.63) is 47.8 Å². The summed E-state index contributed by atoms with van der Waals surface area (Å²) in [4.78, 5) is 4.08. The minimum atomic E-state index is -3.63. The van der Waals surface area contributed by atoms with Gasteiger partial charge in [0.05, 0.1) is 11.8 Å². The number of piperidine rings is 1. The molecule has 0 aliphatic carbocycles. The van der Waals surface area contributed by atoms with E-state index in [9.17, 15) is 12.8 Å². The largest absolute Gasteiger partial charge is 0.262 e. The van der Waals surface area contributed by atoms with Crippen LogP contribution in [0.3, 0.4) is 0 Å². The third kappa shape index (κ3) is 3.02. The summed E-state index contributed by atoms with van der Waals surface area (Å²) in [6.07, 6.45) is 3.77. The highest BCUT2D eigenvalue weighted by atomic mass is 32.2. The van der Waals surface area contributed by atoms with Gasteiger partial charge in [-0.2, -0.15) is 9.40 Å². The van der Waals surface area contributed by atoms with Crippen molar-refractivity contribution < 1.29 is 12.8 Å². The molecule has 2 heterocycles. The van der Waals surface area contributed by atoms with Gasteiger partial charge in [-0.3, -0.25) is 5.10 Å². The van der Waals surface area contributed by atoms with Gasteiger partial charge in [0.2, 0.25) is 10.0 Å². The summed E-state index contributed by atoms with van der Waals surface area (Å²) in [5.74, 6) is -0.305. The molecule has 1 aromatic heterocycles. The molecule has 0 bridgehead atoms. The number of aromatic nitrogens is 3. The van der Waals surface area contributed by atoms with Crippen molar-refractivity contribution in [2.75, 3.05) is 6.54 Å². The van der Waals surface area contributed by atoms with E-state index in [0.717, 1.165) is 12.8 Å². The number of benzene rings is 1. The molecule has 8 heteroatoms. The second kappa shape index (κ2) is 6.13. The van der Waals surface area contributed by atoms with E-state index in [4.69, 9.17) is 0 Å². The lowest BCUT2D eigenvalue weighted by molar-refractivity contribution is 0.246. The van der Waals surface area contributed by atoms with E-state index in [0.29, 0.717) is 18.8 Å². The molecule has 1 aromatic carbocycles. The predicted octanol–water partition coefficient (Wildman–Crippen LogP) is 2.00. The molecule has 0 spiro atoms. The highest BCUT2D eigenvalue weighted by Gasteiger charge is 2.35. The highest BCUT2D eigenvalue weighted by Crippen LogP contribution is 2.32. The van der Waals surface area contributed by atoms with Crippen molar-refractivity contribution in [1.82, 2.24) is 19.5 Å². The first-order chi connectivity index (χ1) is 10.6. The van der Waals surface area contributed by atoms with Gasteiger partial charge in [-0.1, -0.05) is 24.6 Å². The zero-order valence-electron chi connectivity index (χ0n) is 11.9. The number of sulfonamides is 1. The molecule has 1 aliphatic rings. The quantitative estimate of drug-likeness (QED) is 0.933. The van der Waals surface area contributed by atoms with Crippen molar-refractivity contribution in [1.29, 1.82) is 0 Å². The number of aromatic amines is 1. The Morgan fingerprint density at radius 2 is 2.14 bits per heavy atom. The number of hydrogen-bond donors (Lipinski definition) is 1. The molecule has 0 saturated carbocycles. The normalized spacial score (nSPS) is 20.1. The fourth-order valence-corrected chi connectivity index (χ4v) is 4.57. The molecule has 22 heavy (non-hydrogen) atoms. The molecule has 3 rings (SSSR count). The van der Waals surface area contributed by atoms with E-state index in [1.165, 1.54) is 22.8 Å². The average molecular weight is 324 g/mol. The Morgan fingerprint density at radius 1 is 1.32 bits per heavy atom. The third-order valence-corrected chi connectivity index (χ3v) is 5.68. The number of halogens is 1. The zero-order valence-corrected chi connectivity index (χ0v) is 12.8. The molecule has 118 valence electrons. The monoisotopic (exact) mass is 324 g/mol. The lowest BCUT2D eigenvalue weighted by atomic mass is 10.0. The van der Waals surface area contributed by atoms with Gasteiger partial charge >= 0.3 is 0 Å². The van der Waals surface area contributed by atoms with E-state index in [-0.39, 0.29) is 17.4 Å². The third-order valence-electron chi connectivity index (χ3n) is 3.86. The fraction of sp³-hybridized carbons (Fsp3) is 0.429. The van der Waals surface area contributed by atoms with Crippen LogP contribution in [0.15, 0.2) is 30.6 Å². The average Bonchev–Trinajstić information content (AvgIpc) is 3.04. The summed E-state index contributed by atoms with van der Waals surface area (Å²) in [7, 11) is -3.63. The maximum atomic E-state index is 13.7. The van der Waals surface area contributed by atoms with Crippen LogP contribution in [0.1, 0.15) is 36.7 Å². The summed E-state index contributed by atoms with van der Waals surface area (Å²) in [6.45, 7) is 0.419. The zero-order chi connectivity index (χ0) is 15.6. The van der Waals surface area contributed by atoms with Gasteiger partial charge in [0, 0.05) is 12.1 Å². The minimum Gasteiger partial charge on any atom is -0.262 e. The number of nitrogens with zero attached hydrogens (tertiary/aromatic N) is 3. The maximum absolute atomic E-state index is 13.7. The molecule has 0 amide bonds. The van der Waals surface area contributed by atoms with E-state index in [1.54, 1.807) is 12.1 Å². The van der Waals surface area contributed by atoms with E-state index >= 15 is 0 Å². The summed E-state index contributed by atoms with van der Waals surface area (Å²) in [5.41, 5.74) is 0.185. The Balaban J connectivity index is 1.88. The first-order valence-electron chi connectivity index (χ1n) is 7.16. The molecule has 2 aromatic rings. The number of hydrogen-bond acceptors (Lipinski definition) is 4. The molecule has 0 unspecified atom stereocenters. The summed E-state index contributed by atoms with van der Waals surface area (Å²) < 4.78 is 40.6. The van der Waals surface area contributed by atoms with Crippen molar-refractivity contribution >= 4 is 10.0 Å². The van der Waals surface area contributed by atoms with Gasteiger partial charge in [-0.25, -0.2) is 17.8 Å². The van der Waals surface area contributed by atoms with Crippen LogP contribution in [-0.4, -0.2) is 34.4 Å². The van der Waals surface area contributed by atoms with E-state index in [2.05, 4.69) is 15.2 Å². The summed E-state index contributed by atoms with van der Waals surface area (Å²) in [5, 5.41) is 6.54. The Morgan fingerprint density at radius 3 is 2.86 bits per heavy atom. The standard InChI is InChI=1S/C14H17FN4O2S/c15-12-6-2-1-5-11(12)9-22(20,21)19-8-4-3-7-13(19)14-16-10-17-18-14/h1-2,5-6,10,13H,3-4,7-9H2,(H,16,17,18)/t13-/m1/s1. The van der Waals surface area contributed by atoms with Crippen molar-refractivity contribution in [2.45, 2.75) is 31.1 Å². The summed E-state index contributed by atoms with van der Waals surface area (Å²) >= 11 is 0. The van der Waals surface area contributed by atoms with Crippen molar-refractivity contribution in [3.8, 4) is 0 Å². The predicted molar refractivity (Wildman–Crippen MR) is 78.7 cm³/mol. The molecular weight excluding hydrogens is 307 g/mol.